The molecule has 0 fully saturated rings. The standard InChI is InChI=1S/C27H30N2O/c1-30-29-26(20-25-16-8-9-18-27(25)29)17-10-11-19-28(21-23-12-4-2-5-13-23)22-24-14-6-3-7-15-24/h2-9,12-16,18,20H,10-11,17,19,21-22H2,1H3. The lowest BCUT2D eigenvalue weighted by molar-refractivity contribution is 0.170. The molecule has 4 rings (SSSR count). The van der Waals surface area contributed by atoms with Gasteiger partial charge in [-0.25, -0.2) is 0 Å². The molecule has 30 heavy (non-hydrogen) atoms. The lowest BCUT2D eigenvalue weighted by Gasteiger charge is -2.22. The molecular weight excluding hydrogens is 368 g/mol. The van der Waals surface area contributed by atoms with Gasteiger partial charge in [0, 0.05) is 18.5 Å². The van der Waals surface area contributed by atoms with Gasteiger partial charge in [-0.3, -0.25) is 4.90 Å². The summed E-state index contributed by atoms with van der Waals surface area (Å²) in [5, 5.41) is 1.24. The number of fused-ring (bicyclic) bond motifs is 1. The van der Waals surface area contributed by atoms with Gasteiger partial charge in [-0.15, -0.1) is 0 Å². The van der Waals surface area contributed by atoms with Crippen LogP contribution in [0.5, 0.6) is 0 Å². The Morgan fingerprint density at radius 1 is 0.733 bits per heavy atom. The topological polar surface area (TPSA) is 17.4 Å². The summed E-state index contributed by atoms with van der Waals surface area (Å²) in [6.45, 7) is 3.04. The van der Waals surface area contributed by atoms with E-state index >= 15 is 0 Å². The summed E-state index contributed by atoms with van der Waals surface area (Å²) in [4.78, 5) is 8.19. The molecule has 0 atom stereocenters. The van der Waals surface area contributed by atoms with Crippen molar-refractivity contribution in [3.8, 4) is 0 Å². The Morgan fingerprint density at radius 3 is 1.97 bits per heavy atom. The molecule has 0 aliphatic heterocycles. The van der Waals surface area contributed by atoms with E-state index in [1.807, 2.05) is 4.73 Å². The van der Waals surface area contributed by atoms with Crippen molar-refractivity contribution in [2.75, 3.05) is 13.7 Å². The summed E-state index contributed by atoms with van der Waals surface area (Å²) < 4.78 is 1.97. The van der Waals surface area contributed by atoms with Gasteiger partial charge in [0.2, 0.25) is 0 Å². The summed E-state index contributed by atoms with van der Waals surface area (Å²) in [7, 11) is 1.75. The summed E-state index contributed by atoms with van der Waals surface area (Å²) in [5.74, 6) is 0. The summed E-state index contributed by atoms with van der Waals surface area (Å²) in [5.41, 5.74) is 5.13. The van der Waals surface area contributed by atoms with Gasteiger partial charge in [-0.05, 0) is 49.1 Å². The maximum Gasteiger partial charge on any atom is 0.104 e. The van der Waals surface area contributed by atoms with Crippen molar-refractivity contribution in [1.82, 2.24) is 9.63 Å². The Bertz CT molecular complexity index is 999. The second-order valence-corrected chi connectivity index (χ2v) is 7.81. The van der Waals surface area contributed by atoms with Gasteiger partial charge < -0.3 is 4.84 Å². The molecule has 4 aromatic rings. The fourth-order valence-corrected chi connectivity index (χ4v) is 4.12. The predicted molar refractivity (Wildman–Crippen MR) is 124 cm³/mol. The summed E-state index contributed by atoms with van der Waals surface area (Å²) in [6, 6.07) is 32.2. The number of aryl methyl sites for hydroxylation is 1. The molecule has 0 saturated heterocycles. The molecule has 0 spiro atoms. The maximum absolute atomic E-state index is 5.64. The van der Waals surface area contributed by atoms with Gasteiger partial charge in [-0.2, -0.15) is 4.73 Å². The Hall–Kier alpha value is -3.04. The molecule has 0 N–H and O–H groups in total. The normalized spacial score (nSPS) is 11.3. The first-order chi connectivity index (χ1) is 14.8. The largest absolute Gasteiger partial charge is 0.417 e. The average Bonchev–Trinajstić information content (AvgIpc) is 3.15. The molecule has 0 bridgehead atoms. The van der Waals surface area contributed by atoms with Crippen LogP contribution in [0, 0.1) is 0 Å². The number of para-hydroxylation sites is 1. The zero-order valence-electron chi connectivity index (χ0n) is 17.7. The van der Waals surface area contributed by atoms with Crippen molar-refractivity contribution in [3.63, 3.8) is 0 Å². The minimum absolute atomic E-state index is 0.980. The van der Waals surface area contributed by atoms with Gasteiger partial charge in [0.05, 0.1) is 11.2 Å². The van der Waals surface area contributed by atoms with Gasteiger partial charge in [0.15, 0.2) is 0 Å². The third-order valence-corrected chi connectivity index (χ3v) is 5.58. The first-order valence-corrected chi connectivity index (χ1v) is 10.8. The monoisotopic (exact) mass is 398 g/mol. The fraction of sp³-hybridized carbons (Fsp3) is 0.259. The van der Waals surface area contributed by atoms with E-state index in [4.69, 9.17) is 4.84 Å². The van der Waals surface area contributed by atoms with Crippen LogP contribution < -0.4 is 4.84 Å². The van der Waals surface area contributed by atoms with Crippen LogP contribution in [0.1, 0.15) is 29.7 Å². The van der Waals surface area contributed by atoms with Crippen LogP contribution in [0.15, 0.2) is 91.0 Å². The minimum Gasteiger partial charge on any atom is -0.417 e. The second kappa shape index (κ2) is 10.1. The third-order valence-electron chi connectivity index (χ3n) is 5.58. The van der Waals surface area contributed by atoms with Crippen LogP contribution in [-0.4, -0.2) is 23.3 Å². The Balaban J connectivity index is 1.37. The Labute approximate surface area is 179 Å². The molecule has 3 heteroatoms. The molecule has 1 aromatic heterocycles. The van der Waals surface area contributed by atoms with Crippen molar-refractivity contribution in [2.45, 2.75) is 32.4 Å². The van der Waals surface area contributed by atoms with Crippen molar-refractivity contribution < 1.29 is 4.84 Å². The molecule has 0 radical (unpaired) electrons. The summed E-state index contributed by atoms with van der Waals surface area (Å²) >= 11 is 0. The lowest BCUT2D eigenvalue weighted by Crippen LogP contribution is -2.24. The first-order valence-electron chi connectivity index (χ1n) is 10.8. The van der Waals surface area contributed by atoms with Crippen LogP contribution in [0.2, 0.25) is 0 Å². The number of hydrogen-bond donors (Lipinski definition) is 0. The van der Waals surface area contributed by atoms with E-state index in [-0.39, 0.29) is 0 Å². The van der Waals surface area contributed by atoms with Crippen LogP contribution in [0.4, 0.5) is 0 Å². The highest BCUT2D eigenvalue weighted by Crippen LogP contribution is 2.20. The van der Waals surface area contributed by atoms with Gasteiger partial charge in [-0.1, -0.05) is 78.9 Å². The molecule has 3 aromatic carbocycles. The molecule has 154 valence electrons. The van der Waals surface area contributed by atoms with Crippen LogP contribution in [0.25, 0.3) is 10.9 Å². The first kappa shape index (κ1) is 20.2. The van der Waals surface area contributed by atoms with Crippen LogP contribution in [0.3, 0.4) is 0 Å². The van der Waals surface area contributed by atoms with E-state index < -0.39 is 0 Å². The third kappa shape index (κ3) is 5.11. The zero-order valence-corrected chi connectivity index (χ0v) is 17.7. The zero-order chi connectivity index (χ0) is 20.6. The van der Waals surface area contributed by atoms with Crippen molar-refractivity contribution in [3.05, 3.63) is 108 Å². The van der Waals surface area contributed by atoms with Crippen molar-refractivity contribution >= 4 is 10.9 Å². The van der Waals surface area contributed by atoms with Gasteiger partial charge in [0.25, 0.3) is 0 Å². The van der Waals surface area contributed by atoms with Crippen molar-refractivity contribution in [2.24, 2.45) is 0 Å². The quantitative estimate of drug-likeness (QED) is 0.318. The highest BCUT2D eigenvalue weighted by atomic mass is 16.6. The van der Waals surface area contributed by atoms with Gasteiger partial charge >= 0.3 is 0 Å². The molecule has 0 saturated carbocycles. The molecule has 0 aliphatic carbocycles. The number of unbranched alkanes of at least 4 members (excludes halogenated alkanes) is 1. The fourth-order valence-electron chi connectivity index (χ4n) is 4.12. The number of hydrogen-bond acceptors (Lipinski definition) is 2. The van der Waals surface area contributed by atoms with E-state index in [1.165, 1.54) is 22.2 Å². The van der Waals surface area contributed by atoms with Crippen LogP contribution in [-0.2, 0) is 19.5 Å². The SMILES string of the molecule is COn1c(CCCCN(Cc2ccccc2)Cc2ccccc2)cc2ccccc21. The van der Waals surface area contributed by atoms with E-state index in [0.717, 1.165) is 44.4 Å². The molecular formula is C27H30N2O. The Kier molecular flexibility index (Phi) is 6.83. The number of rotatable bonds is 10. The predicted octanol–water partition coefficient (Wildman–Crippen LogP) is 5.72. The molecule has 3 nitrogen and oxygen atoms in total. The number of benzene rings is 3. The van der Waals surface area contributed by atoms with Crippen LogP contribution >= 0.6 is 0 Å². The van der Waals surface area contributed by atoms with Crippen molar-refractivity contribution in [1.29, 1.82) is 0 Å². The van der Waals surface area contributed by atoms with Gasteiger partial charge in [0.1, 0.15) is 7.11 Å². The van der Waals surface area contributed by atoms with E-state index in [9.17, 15) is 0 Å². The molecule has 0 amide bonds. The molecule has 0 aliphatic rings. The van der Waals surface area contributed by atoms with E-state index in [2.05, 4.69) is 95.9 Å². The van der Waals surface area contributed by atoms with E-state index in [1.54, 1.807) is 7.11 Å². The molecule has 0 unspecified atom stereocenters. The number of aromatic nitrogens is 1. The molecule has 1 heterocycles. The second-order valence-electron chi connectivity index (χ2n) is 7.81. The minimum atomic E-state index is 0.980. The number of nitrogens with zero attached hydrogens (tertiary/aromatic N) is 2. The lowest BCUT2D eigenvalue weighted by atomic mass is 10.1. The summed E-state index contributed by atoms with van der Waals surface area (Å²) in [6.07, 6.45) is 3.32. The highest BCUT2D eigenvalue weighted by Gasteiger charge is 2.10. The average molecular weight is 399 g/mol. The smallest absolute Gasteiger partial charge is 0.104 e. The Morgan fingerprint density at radius 2 is 1.33 bits per heavy atom. The highest BCUT2D eigenvalue weighted by molar-refractivity contribution is 5.80. The van der Waals surface area contributed by atoms with E-state index in [0.29, 0.717) is 0 Å². The maximum atomic E-state index is 5.64.